The van der Waals surface area contributed by atoms with Crippen molar-refractivity contribution in [3.8, 4) is 0 Å². The maximum atomic E-state index is 13.4. The number of hydrogen-bond acceptors (Lipinski definition) is 3. The molecule has 4 rings (SSSR count). The SMILES string of the molecule is CC[C@@]1(c2ccccc2)NC(=O)N(C[NH+](C)Cc2ccccc2N2CCCC2)C1=O. The number of urea groups is 1. The van der Waals surface area contributed by atoms with Crippen LogP contribution in [0.25, 0.3) is 0 Å². The van der Waals surface area contributed by atoms with Crippen molar-refractivity contribution in [1.29, 1.82) is 0 Å². The van der Waals surface area contributed by atoms with Crippen LogP contribution in [-0.4, -0.2) is 43.6 Å². The van der Waals surface area contributed by atoms with E-state index < -0.39 is 5.54 Å². The van der Waals surface area contributed by atoms with Crippen LogP contribution in [0.4, 0.5) is 10.5 Å². The Labute approximate surface area is 178 Å². The predicted octanol–water partition coefficient (Wildman–Crippen LogP) is 2.12. The molecule has 2 aromatic rings. The van der Waals surface area contributed by atoms with E-state index >= 15 is 0 Å². The summed E-state index contributed by atoms with van der Waals surface area (Å²) in [6.45, 7) is 5.23. The highest BCUT2D eigenvalue weighted by molar-refractivity contribution is 6.07. The van der Waals surface area contributed by atoms with Gasteiger partial charge < -0.3 is 15.1 Å². The van der Waals surface area contributed by atoms with Gasteiger partial charge in [0.2, 0.25) is 0 Å². The number of nitrogens with one attached hydrogen (secondary N) is 2. The summed E-state index contributed by atoms with van der Waals surface area (Å²) in [6, 6.07) is 17.7. The normalized spacial score (nSPS) is 22.5. The van der Waals surface area contributed by atoms with Crippen molar-refractivity contribution in [1.82, 2.24) is 10.2 Å². The number of hydrogen-bond donors (Lipinski definition) is 2. The fourth-order valence-corrected chi connectivity index (χ4v) is 4.71. The molecule has 2 saturated heterocycles. The molecule has 6 heteroatoms. The highest BCUT2D eigenvalue weighted by atomic mass is 16.2. The summed E-state index contributed by atoms with van der Waals surface area (Å²) in [7, 11) is 2.04. The topological polar surface area (TPSA) is 57.1 Å². The van der Waals surface area contributed by atoms with Gasteiger partial charge in [-0.15, -0.1) is 0 Å². The summed E-state index contributed by atoms with van der Waals surface area (Å²) in [5.41, 5.74) is 2.41. The van der Waals surface area contributed by atoms with Crippen LogP contribution in [0.2, 0.25) is 0 Å². The number of benzene rings is 2. The molecule has 0 aromatic heterocycles. The van der Waals surface area contributed by atoms with E-state index in [4.69, 9.17) is 0 Å². The molecule has 2 atom stereocenters. The Balaban J connectivity index is 1.50. The zero-order valence-corrected chi connectivity index (χ0v) is 17.9. The Kier molecular flexibility index (Phi) is 5.77. The van der Waals surface area contributed by atoms with Gasteiger partial charge in [0.15, 0.2) is 6.67 Å². The molecule has 2 fully saturated rings. The van der Waals surface area contributed by atoms with E-state index in [1.807, 2.05) is 44.3 Å². The van der Waals surface area contributed by atoms with Gasteiger partial charge in [0.25, 0.3) is 5.91 Å². The number of anilines is 1. The Bertz CT molecular complexity index is 910. The second kappa shape index (κ2) is 8.48. The molecule has 2 aromatic carbocycles. The maximum absolute atomic E-state index is 13.4. The van der Waals surface area contributed by atoms with Crippen molar-refractivity contribution in [2.24, 2.45) is 0 Å². The molecule has 0 bridgehead atoms. The lowest BCUT2D eigenvalue weighted by molar-refractivity contribution is -0.901. The van der Waals surface area contributed by atoms with E-state index in [-0.39, 0.29) is 11.9 Å². The van der Waals surface area contributed by atoms with Crippen molar-refractivity contribution in [2.45, 2.75) is 38.3 Å². The number of nitrogens with zero attached hydrogens (tertiary/aromatic N) is 2. The lowest BCUT2D eigenvalue weighted by Crippen LogP contribution is -3.09. The summed E-state index contributed by atoms with van der Waals surface area (Å²) >= 11 is 0. The molecule has 30 heavy (non-hydrogen) atoms. The molecule has 2 heterocycles. The van der Waals surface area contributed by atoms with Gasteiger partial charge in [-0.25, -0.2) is 9.69 Å². The first-order valence-electron chi connectivity index (χ1n) is 10.9. The van der Waals surface area contributed by atoms with Gasteiger partial charge in [-0.3, -0.25) is 4.79 Å². The van der Waals surface area contributed by atoms with Crippen LogP contribution in [0, 0.1) is 0 Å². The molecule has 3 amide bonds. The maximum Gasteiger partial charge on any atom is 0.329 e. The third-order valence-electron chi connectivity index (χ3n) is 6.33. The lowest BCUT2D eigenvalue weighted by Gasteiger charge is -2.27. The fourth-order valence-electron chi connectivity index (χ4n) is 4.71. The number of quaternary nitrogens is 1. The molecule has 0 spiro atoms. The van der Waals surface area contributed by atoms with Gasteiger partial charge in [0, 0.05) is 24.3 Å². The van der Waals surface area contributed by atoms with Crippen molar-refractivity contribution < 1.29 is 14.5 Å². The van der Waals surface area contributed by atoms with Crippen molar-refractivity contribution in [2.75, 3.05) is 31.7 Å². The minimum Gasteiger partial charge on any atom is -0.371 e. The smallest absolute Gasteiger partial charge is 0.329 e. The third-order valence-corrected chi connectivity index (χ3v) is 6.33. The van der Waals surface area contributed by atoms with Crippen molar-refractivity contribution in [3.05, 3.63) is 65.7 Å². The molecule has 6 nitrogen and oxygen atoms in total. The first-order chi connectivity index (χ1) is 14.5. The van der Waals surface area contributed by atoms with Crippen LogP contribution in [-0.2, 0) is 16.9 Å². The molecule has 2 aliphatic heterocycles. The summed E-state index contributed by atoms with van der Waals surface area (Å²) in [5.74, 6) is -0.159. The second-order valence-electron chi connectivity index (χ2n) is 8.40. The first-order valence-corrected chi connectivity index (χ1v) is 10.9. The number of para-hydroxylation sites is 1. The van der Waals surface area contributed by atoms with Crippen LogP contribution in [0.3, 0.4) is 0 Å². The molecule has 158 valence electrons. The van der Waals surface area contributed by atoms with Gasteiger partial charge in [0.05, 0.1) is 7.05 Å². The second-order valence-corrected chi connectivity index (χ2v) is 8.40. The summed E-state index contributed by atoms with van der Waals surface area (Å²) in [5, 5.41) is 2.97. The Morgan fingerprint density at radius 1 is 1.00 bits per heavy atom. The highest BCUT2D eigenvalue weighted by Gasteiger charge is 2.52. The van der Waals surface area contributed by atoms with E-state index in [1.54, 1.807) is 0 Å². The Morgan fingerprint density at radius 3 is 2.37 bits per heavy atom. The fraction of sp³-hybridized carbons (Fsp3) is 0.417. The van der Waals surface area contributed by atoms with Crippen LogP contribution in [0.5, 0.6) is 0 Å². The molecule has 0 saturated carbocycles. The number of imide groups is 1. The van der Waals surface area contributed by atoms with Crippen LogP contribution >= 0.6 is 0 Å². The van der Waals surface area contributed by atoms with E-state index in [0.717, 1.165) is 30.1 Å². The zero-order valence-electron chi connectivity index (χ0n) is 17.9. The number of amides is 3. The van der Waals surface area contributed by atoms with E-state index in [2.05, 4.69) is 34.5 Å². The van der Waals surface area contributed by atoms with Crippen LogP contribution < -0.4 is 15.1 Å². The lowest BCUT2D eigenvalue weighted by atomic mass is 9.87. The van der Waals surface area contributed by atoms with E-state index in [9.17, 15) is 9.59 Å². The predicted molar refractivity (Wildman–Crippen MR) is 117 cm³/mol. The van der Waals surface area contributed by atoms with Gasteiger partial charge in [0.1, 0.15) is 12.1 Å². The summed E-state index contributed by atoms with van der Waals surface area (Å²) in [6.07, 6.45) is 2.99. The summed E-state index contributed by atoms with van der Waals surface area (Å²) in [4.78, 5) is 31.0. The van der Waals surface area contributed by atoms with E-state index in [0.29, 0.717) is 13.1 Å². The first kappa shape index (κ1) is 20.4. The Morgan fingerprint density at radius 2 is 1.67 bits per heavy atom. The molecule has 2 aliphatic rings. The van der Waals surface area contributed by atoms with Crippen molar-refractivity contribution in [3.63, 3.8) is 0 Å². The van der Waals surface area contributed by atoms with Gasteiger partial charge in [-0.1, -0.05) is 55.5 Å². The summed E-state index contributed by atoms with van der Waals surface area (Å²) < 4.78 is 0. The molecular formula is C24H31N4O2+. The van der Waals surface area contributed by atoms with Gasteiger partial charge >= 0.3 is 6.03 Å². The van der Waals surface area contributed by atoms with Gasteiger partial charge in [-0.2, -0.15) is 0 Å². The number of rotatable bonds is 7. The van der Waals surface area contributed by atoms with Crippen molar-refractivity contribution >= 4 is 17.6 Å². The molecule has 0 radical (unpaired) electrons. The number of carbonyl (C=O) groups excluding carboxylic acids is 2. The third kappa shape index (κ3) is 3.67. The van der Waals surface area contributed by atoms with E-state index in [1.165, 1.54) is 29.0 Å². The van der Waals surface area contributed by atoms with Crippen LogP contribution in [0.15, 0.2) is 54.6 Å². The minimum absolute atomic E-state index is 0.159. The Hall–Kier alpha value is -2.86. The standard InChI is InChI=1S/C24H30N4O2/c1-3-24(20-12-5-4-6-13-20)22(29)28(23(30)25-24)18-26(2)17-19-11-7-8-14-21(19)27-15-9-10-16-27/h4-8,11-14H,3,9-10,15-18H2,1-2H3,(H,25,30)/p+1/t24-/m0/s1. The average molecular weight is 408 g/mol. The highest BCUT2D eigenvalue weighted by Crippen LogP contribution is 2.31. The molecule has 2 N–H and O–H groups in total. The average Bonchev–Trinajstić information content (AvgIpc) is 3.38. The van der Waals surface area contributed by atoms with Crippen LogP contribution in [0.1, 0.15) is 37.3 Å². The quantitative estimate of drug-likeness (QED) is 0.692. The van der Waals surface area contributed by atoms with Gasteiger partial charge in [-0.05, 0) is 30.9 Å². The minimum atomic E-state index is -0.966. The molecule has 1 unspecified atom stereocenters. The number of carbonyl (C=O) groups is 2. The molecule has 0 aliphatic carbocycles. The zero-order chi connectivity index (χ0) is 21.1. The monoisotopic (exact) mass is 407 g/mol. The largest absolute Gasteiger partial charge is 0.371 e. The molecular weight excluding hydrogens is 376 g/mol.